The number of aromatic nitrogens is 2. The van der Waals surface area contributed by atoms with Crippen molar-refractivity contribution in [3.8, 4) is 0 Å². The first-order valence-corrected chi connectivity index (χ1v) is 6.83. The number of fused-ring (bicyclic) bond motifs is 1. The lowest BCUT2D eigenvalue weighted by Gasteiger charge is -2.19. The quantitative estimate of drug-likeness (QED) is 0.838. The molecule has 3 rings (SSSR count). The maximum Gasteiger partial charge on any atom is 0.251 e. The molecule has 0 saturated carbocycles. The Labute approximate surface area is 117 Å². The molecular formula is C16H16N2O2. The van der Waals surface area contributed by atoms with Gasteiger partial charge in [0.05, 0.1) is 12.2 Å². The molecule has 1 aliphatic rings. The summed E-state index contributed by atoms with van der Waals surface area (Å²) in [6, 6.07) is 8.92. The van der Waals surface area contributed by atoms with Gasteiger partial charge in [-0.2, -0.15) is 0 Å². The lowest BCUT2D eigenvalue weighted by molar-refractivity contribution is 0.0970. The van der Waals surface area contributed by atoms with Gasteiger partial charge < -0.3 is 4.57 Å². The van der Waals surface area contributed by atoms with Crippen molar-refractivity contribution in [2.24, 2.45) is 0 Å². The van der Waals surface area contributed by atoms with Crippen molar-refractivity contribution in [1.82, 2.24) is 9.55 Å². The van der Waals surface area contributed by atoms with Crippen LogP contribution in [0.5, 0.6) is 0 Å². The fourth-order valence-corrected chi connectivity index (χ4v) is 2.72. The number of rotatable bonds is 2. The third kappa shape index (κ3) is 2.29. The van der Waals surface area contributed by atoms with Crippen molar-refractivity contribution >= 4 is 5.78 Å². The van der Waals surface area contributed by atoms with E-state index in [9.17, 15) is 9.59 Å². The lowest BCUT2D eigenvalue weighted by atomic mass is 9.94. The fourth-order valence-electron chi connectivity index (χ4n) is 2.72. The number of nitrogens with zero attached hydrogens (tertiary/aromatic N) is 2. The molecule has 20 heavy (non-hydrogen) atoms. The highest BCUT2D eigenvalue weighted by atomic mass is 16.1. The van der Waals surface area contributed by atoms with E-state index in [-0.39, 0.29) is 11.3 Å². The molecule has 0 fully saturated rings. The third-order valence-corrected chi connectivity index (χ3v) is 3.68. The van der Waals surface area contributed by atoms with Gasteiger partial charge in [-0.3, -0.25) is 14.6 Å². The van der Waals surface area contributed by atoms with Crippen molar-refractivity contribution in [2.45, 2.75) is 32.7 Å². The van der Waals surface area contributed by atoms with E-state index in [1.165, 1.54) is 6.07 Å². The van der Waals surface area contributed by atoms with E-state index < -0.39 is 0 Å². The molecule has 0 N–H and O–H groups in total. The molecule has 0 spiro atoms. The summed E-state index contributed by atoms with van der Waals surface area (Å²) in [6.07, 6.45) is 2.17. The predicted octanol–water partition coefficient (Wildman–Crippen LogP) is 2.12. The van der Waals surface area contributed by atoms with Crippen molar-refractivity contribution in [2.75, 3.05) is 0 Å². The van der Waals surface area contributed by atoms with Gasteiger partial charge in [0.25, 0.3) is 5.56 Å². The number of pyridine rings is 2. The second-order valence-electron chi connectivity index (χ2n) is 5.17. The fraction of sp³-hybridized carbons (Fsp3) is 0.312. The minimum Gasteiger partial charge on any atom is -0.306 e. The highest BCUT2D eigenvalue weighted by molar-refractivity contribution is 5.97. The van der Waals surface area contributed by atoms with Gasteiger partial charge in [0.1, 0.15) is 0 Å². The Bertz CT molecular complexity index is 731. The molecule has 102 valence electrons. The van der Waals surface area contributed by atoms with Crippen LogP contribution in [0, 0.1) is 6.92 Å². The molecule has 2 aromatic heterocycles. The zero-order chi connectivity index (χ0) is 14.1. The normalized spacial score (nSPS) is 14.2. The molecular weight excluding hydrogens is 252 g/mol. The largest absolute Gasteiger partial charge is 0.306 e. The van der Waals surface area contributed by atoms with E-state index in [1.54, 1.807) is 10.6 Å². The van der Waals surface area contributed by atoms with Crippen LogP contribution in [-0.2, 0) is 13.0 Å². The highest BCUT2D eigenvalue weighted by Gasteiger charge is 2.20. The number of hydrogen-bond donors (Lipinski definition) is 0. The molecule has 2 aromatic rings. The molecule has 0 aromatic carbocycles. The van der Waals surface area contributed by atoms with Gasteiger partial charge in [-0.05, 0) is 38.0 Å². The minimum atomic E-state index is -0.0678. The first kappa shape index (κ1) is 12.8. The molecule has 0 aliphatic heterocycles. The molecule has 0 radical (unpaired) electrons. The molecule has 2 heterocycles. The van der Waals surface area contributed by atoms with E-state index >= 15 is 0 Å². The van der Waals surface area contributed by atoms with Crippen LogP contribution >= 0.6 is 0 Å². The number of carbonyl (C=O) groups is 1. The van der Waals surface area contributed by atoms with E-state index in [0.29, 0.717) is 18.5 Å². The Morgan fingerprint density at radius 3 is 2.80 bits per heavy atom. The summed E-state index contributed by atoms with van der Waals surface area (Å²) in [5.74, 6) is 0.136. The Morgan fingerprint density at radius 1 is 1.15 bits per heavy atom. The Kier molecular flexibility index (Phi) is 3.22. The van der Waals surface area contributed by atoms with Gasteiger partial charge in [0.15, 0.2) is 5.78 Å². The summed E-state index contributed by atoms with van der Waals surface area (Å²) < 4.78 is 1.69. The number of ketones is 1. The predicted molar refractivity (Wildman–Crippen MR) is 76.0 cm³/mol. The molecule has 0 amide bonds. The summed E-state index contributed by atoms with van der Waals surface area (Å²) in [5.41, 5.74) is 3.26. The summed E-state index contributed by atoms with van der Waals surface area (Å²) in [7, 11) is 0. The summed E-state index contributed by atoms with van der Waals surface area (Å²) >= 11 is 0. The maximum atomic E-state index is 12.1. The van der Waals surface area contributed by atoms with Crippen LogP contribution in [0.2, 0.25) is 0 Å². The SMILES string of the molecule is Cc1cccc(Cn2c3c(ccc2=O)C(=O)CCC3)n1. The van der Waals surface area contributed by atoms with Crippen molar-refractivity contribution in [3.05, 3.63) is 63.3 Å². The zero-order valence-corrected chi connectivity index (χ0v) is 11.4. The van der Waals surface area contributed by atoms with Crippen LogP contribution in [0.4, 0.5) is 0 Å². The van der Waals surface area contributed by atoms with Gasteiger partial charge in [-0.15, -0.1) is 0 Å². The van der Waals surface area contributed by atoms with E-state index in [0.717, 1.165) is 29.9 Å². The highest BCUT2D eigenvalue weighted by Crippen LogP contribution is 2.20. The number of hydrogen-bond acceptors (Lipinski definition) is 3. The second-order valence-corrected chi connectivity index (χ2v) is 5.17. The number of carbonyl (C=O) groups excluding carboxylic acids is 1. The van der Waals surface area contributed by atoms with Crippen LogP contribution in [-0.4, -0.2) is 15.3 Å². The zero-order valence-electron chi connectivity index (χ0n) is 11.4. The topological polar surface area (TPSA) is 52.0 Å². The summed E-state index contributed by atoms with van der Waals surface area (Å²) in [5, 5.41) is 0. The van der Waals surface area contributed by atoms with Gasteiger partial charge in [-0.1, -0.05) is 6.07 Å². The summed E-state index contributed by atoms with van der Waals surface area (Å²) in [4.78, 5) is 28.5. The third-order valence-electron chi connectivity index (χ3n) is 3.68. The van der Waals surface area contributed by atoms with E-state index in [4.69, 9.17) is 0 Å². The second kappa shape index (κ2) is 5.04. The molecule has 0 bridgehead atoms. The van der Waals surface area contributed by atoms with Gasteiger partial charge >= 0.3 is 0 Å². The maximum absolute atomic E-state index is 12.1. The monoisotopic (exact) mass is 268 g/mol. The smallest absolute Gasteiger partial charge is 0.251 e. The van der Waals surface area contributed by atoms with E-state index in [1.807, 2.05) is 25.1 Å². The van der Waals surface area contributed by atoms with Crippen LogP contribution in [0.1, 0.15) is 40.3 Å². The summed E-state index contributed by atoms with van der Waals surface area (Å²) in [6.45, 7) is 2.35. The molecule has 1 aliphatic carbocycles. The van der Waals surface area contributed by atoms with Crippen LogP contribution < -0.4 is 5.56 Å². The molecule has 4 nitrogen and oxygen atoms in total. The molecule has 0 unspecified atom stereocenters. The molecule has 4 heteroatoms. The van der Waals surface area contributed by atoms with Crippen molar-refractivity contribution in [1.29, 1.82) is 0 Å². The average molecular weight is 268 g/mol. The van der Waals surface area contributed by atoms with Gasteiger partial charge in [-0.25, -0.2) is 0 Å². The number of aryl methyl sites for hydroxylation is 1. The minimum absolute atomic E-state index is 0.0678. The van der Waals surface area contributed by atoms with Crippen molar-refractivity contribution in [3.63, 3.8) is 0 Å². The van der Waals surface area contributed by atoms with Crippen LogP contribution in [0.25, 0.3) is 0 Å². The lowest BCUT2D eigenvalue weighted by Crippen LogP contribution is -2.28. The standard InChI is InChI=1S/C16H16N2O2/c1-11-4-2-5-12(17-11)10-18-14-6-3-7-15(19)13(14)8-9-16(18)20/h2,4-5,8-9H,3,6-7,10H2,1H3. The van der Waals surface area contributed by atoms with E-state index in [2.05, 4.69) is 4.98 Å². The van der Waals surface area contributed by atoms with Crippen LogP contribution in [0.3, 0.4) is 0 Å². The molecule has 0 atom stereocenters. The first-order chi connectivity index (χ1) is 9.65. The van der Waals surface area contributed by atoms with Crippen molar-refractivity contribution < 1.29 is 4.79 Å². The average Bonchev–Trinajstić information content (AvgIpc) is 2.42. The Balaban J connectivity index is 2.07. The Hall–Kier alpha value is -2.23. The first-order valence-electron chi connectivity index (χ1n) is 6.83. The van der Waals surface area contributed by atoms with Crippen LogP contribution in [0.15, 0.2) is 35.1 Å². The number of Topliss-reactive ketones (excluding diaryl/α,β-unsaturated/α-hetero) is 1. The van der Waals surface area contributed by atoms with Gasteiger partial charge in [0.2, 0.25) is 0 Å². The molecule has 0 saturated heterocycles. The van der Waals surface area contributed by atoms with Gasteiger partial charge in [0, 0.05) is 29.4 Å². The Morgan fingerprint density at radius 2 is 2.00 bits per heavy atom.